The summed E-state index contributed by atoms with van der Waals surface area (Å²) in [5.41, 5.74) is 1.52. The van der Waals surface area contributed by atoms with E-state index < -0.39 is 0 Å². The molecule has 0 atom stereocenters. The molecule has 0 aromatic carbocycles. The molecule has 0 saturated heterocycles. The van der Waals surface area contributed by atoms with Crippen LogP contribution in [-0.2, 0) is 13.0 Å². The van der Waals surface area contributed by atoms with Crippen LogP contribution in [0.15, 0.2) is 16.9 Å². The highest BCUT2D eigenvalue weighted by Gasteiger charge is 2.07. The summed E-state index contributed by atoms with van der Waals surface area (Å²) >= 11 is 0. The molecule has 0 amide bonds. The molecule has 0 aliphatic heterocycles. The fourth-order valence-electron chi connectivity index (χ4n) is 1.53. The van der Waals surface area contributed by atoms with E-state index in [2.05, 4.69) is 13.8 Å². The Kier molecular flexibility index (Phi) is 3.68. The third-order valence-corrected chi connectivity index (χ3v) is 2.29. The zero-order valence-electron chi connectivity index (χ0n) is 9.45. The first-order valence-corrected chi connectivity index (χ1v) is 5.12. The fourth-order valence-corrected chi connectivity index (χ4v) is 1.53. The monoisotopic (exact) mass is 204 g/mol. The van der Waals surface area contributed by atoms with Gasteiger partial charge in [0.05, 0.1) is 12.5 Å². The zero-order valence-corrected chi connectivity index (χ0v) is 9.45. The number of aryl methyl sites for hydroxylation is 1. The summed E-state index contributed by atoms with van der Waals surface area (Å²) in [7, 11) is 0. The van der Waals surface area contributed by atoms with Crippen molar-refractivity contribution in [2.45, 2.75) is 33.7 Å². The molecular formula is C12H16N2O. The molecule has 1 aromatic heterocycles. The van der Waals surface area contributed by atoms with Crippen molar-refractivity contribution in [1.29, 1.82) is 5.26 Å². The van der Waals surface area contributed by atoms with Crippen molar-refractivity contribution in [2.75, 3.05) is 0 Å². The van der Waals surface area contributed by atoms with Crippen molar-refractivity contribution < 1.29 is 0 Å². The van der Waals surface area contributed by atoms with Crippen LogP contribution < -0.4 is 5.56 Å². The van der Waals surface area contributed by atoms with Crippen LogP contribution in [0.3, 0.4) is 0 Å². The number of hydrogen-bond acceptors (Lipinski definition) is 2. The van der Waals surface area contributed by atoms with Crippen LogP contribution in [-0.4, -0.2) is 4.57 Å². The van der Waals surface area contributed by atoms with Gasteiger partial charge in [0.15, 0.2) is 0 Å². The lowest BCUT2D eigenvalue weighted by atomic mass is 10.1. The molecule has 1 aromatic rings. The molecule has 0 spiro atoms. The zero-order chi connectivity index (χ0) is 11.4. The van der Waals surface area contributed by atoms with Gasteiger partial charge < -0.3 is 4.57 Å². The summed E-state index contributed by atoms with van der Waals surface area (Å²) in [5, 5.41) is 8.59. The minimum atomic E-state index is -0.0229. The Labute approximate surface area is 90.0 Å². The molecular weight excluding hydrogens is 188 g/mol. The van der Waals surface area contributed by atoms with Crippen molar-refractivity contribution in [3.05, 3.63) is 33.7 Å². The van der Waals surface area contributed by atoms with Crippen molar-refractivity contribution in [1.82, 2.24) is 4.57 Å². The highest BCUT2D eigenvalue weighted by Crippen LogP contribution is 2.03. The van der Waals surface area contributed by atoms with Gasteiger partial charge in [-0.3, -0.25) is 4.79 Å². The summed E-state index contributed by atoms with van der Waals surface area (Å²) in [6.07, 6.45) is 0.192. The van der Waals surface area contributed by atoms with Crippen LogP contribution in [0.4, 0.5) is 0 Å². The summed E-state index contributed by atoms with van der Waals surface area (Å²) in [6.45, 7) is 6.77. The molecule has 15 heavy (non-hydrogen) atoms. The molecule has 80 valence electrons. The van der Waals surface area contributed by atoms with Crippen LogP contribution in [0.5, 0.6) is 0 Å². The minimum absolute atomic E-state index is 0.0229. The quantitative estimate of drug-likeness (QED) is 0.754. The lowest BCUT2D eigenvalue weighted by molar-refractivity contribution is 0.500. The highest BCUT2D eigenvalue weighted by molar-refractivity contribution is 5.18. The molecule has 3 heteroatoms. The Morgan fingerprint density at radius 3 is 2.67 bits per heavy atom. The van der Waals surface area contributed by atoms with Crippen molar-refractivity contribution in [2.24, 2.45) is 5.92 Å². The molecule has 1 rings (SSSR count). The number of rotatable bonds is 3. The van der Waals surface area contributed by atoms with E-state index in [1.807, 2.05) is 19.1 Å². The Morgan fingerprint density at radius 1 is 1.47 bits per heavy atom. The third kappa shape index (κ3) is 2.69. The van der Waals surface area contributed by atoms with Crippen LogP contribution in [0.25, 0.3) is 0 Å². The second-order valence-electron chi connectivity index (χ2n) is 4.14. The van der Waals surface area contributed by atoms with E-state index >= 15 is 0 Å². The van der Waals surface area contributed by atoms with Crippen LogP contribution in [0.2, 0.25) is 0 Å². The molecule has 0 aliphatic rings. The Balaban J connectivity index is 3.19. The molecule has 0 fully saturated rings. The van der Waals surface area contributed by atoms with Gasteiger partial charge in [-0.05, 0) is 18.9 Å². The van der Waals surface area contributed by atoms with Crippen LogP contribution >= 0.6 is 0 Å². The first kappa shape index (κ1) is 11.5. The summed E-state index contributed by atoms with van der Waals surface area (Å²) in [6, 6.07) is 5.66. The van der Waals surface area contributed by atoms with Gasteiger partial charge in [-0.15, -0.1) is 0 Å². The van der Waals surface area contributed by atoms with E-state index in [1.54, 1.807) is 10.6 Å². The maximum Gasteiger partial charge on any atom is 0.254 e. The van der Waals surface area contributed by atoms with Gasteiger partial charge >= 0.3 is 0 Å². The third-order valence-electron chi connectivity index (χ3n) is 2.29. The average Bonchev–Trinajstić information content (AvgIpc) is 2.17. The average molecular weight is 204 g/mol. The summed E-state index contributed by atoms with van der Waals surface area (Å²) in [5.74, 6) is 0.429. The van der Waals surface area contributed by atoms with E-state index in [0.717, 1.165) is 5.69 Å². The summed E-state index contributed by atoms with van der Waals surface area (Å²) in [4.78, 5) is 11.9. The van der Waals surface area contributed by atoms with Gasteiger partial charge in [0.1, 0.15) is 0 Å². The topological polar surface area (TPSA) is 45.8 Å². The second-order valence-corrected chi connectivity index (χ2v) is 4.14. The second kappa shape index (κ2) is 4.79. The first-order valence-electron chi connectivity index (χ1n) is 5.12. The predicted molar refractivity (Wildman–Crippen MR) is 59.6 cm³/mol. The molecule has 0 aliphatic carbocycles. The fraction of sp³-hybridized carbons (Fsp3) is 0.500. The Bertz CT molecular complexity index is 438. The van der Waals surface area contributed by atoms with E-state index in [0.29, 0.717) is 18.0 Å². The minimum Gasteiger partial charge on any atom is -0.312 e. The number of hydrogen-bond donors (Lipinski definition) is 0. The van der Waals surface area contributed by atoms with E-state index in [-0.39, 0.29) is 12.0 Å². The molecule has 0 unspecified atom stereocenters. The highest BCUT2D eigenvalue weighted by atomic mass is 16.1. The predicted octanol–water partition coefficient (Wildman–Crippen LogP) is 1.88. The van der Waals surface area contributed by atoms with Gasteiger partial charge in [-0.2, -0.15) is 5.26 Å². The van der Waals surface area contributed by atoms with Gasteiger partial charge in [0.2, 0.25) is 0 Å². The smallest absolute Gasteiger partial charge is 0.254 e. The lowest BCUT2D eigenvalue weighted by Gasteiger charge is -2.13. The standard InChI is InChI=1S/C12H16N2O/c1-9(2)8-14-10(3)4-5-11(6-7-13)12(14)15/h4-5,9H,6,8H2,1-3H3. The number of nitriles is 1. The molecule has 0 bridgehead atoms. The first-order chi connectivity index (χ1) is 7.06. The Hall–Kier alpha value is -1.56. The normalized spacial score (nSPS) is 10.3. The van der Waals surface area contributed by atoms with Gasteiger partial charge in [0.25, 0.3) is 5.56 Å². The molecule has 0 saturated carbocycles. The molecule has 1 heterocycles. The van der Waals surface area contributed by atoms with Gasteiger partial charge in [-0.1, -0.05) is 19.9 Å². The lowest BCUT2D eigenvalue weighted by Crippen LogP contribution is -2.27. The van der Waals surface area contributed by atoms with E-state index in [9.17, 15) is 4.79 Å². The molecule has 0 radical (unpaired) electrons. The van der Waals surface area contributed by atoms with Crippen molar-refractivity contribution in [3.8, 4) is 6.07 Å². The summed E-state index contributed by atoms with van der Waals surface area (Å²) < 4.78 is 1.75. The largest absolute Gasteiger partial charge is 0.312 e. The van der Waals surface area contributed by atoms with Gasteiger partial charge in [-0.25, -0.2) is 0 Å². The van der Waals surface area contributed by atoms with Gasteiger partial charge in [0, 0.05) is 17.8 Å². The van der Waals surface area contributed by atoms with Crippen LogP contribution in [0.1, 0.15) is 25.1 Å². The SMILES string of the molecule is Cc1ccc(CC#N)c(=O)n1CC(C)C. The van der Waals surface area contributed by atoms with Crippen molar-refractivity contribution in [3.63, 3.8) is 0 Å². The van der Waals surface area contributed by atoms with E-state index in [4.69, 9.17) is 5.26 Å². The Morgan fingerprint density at radius 2 is 2.13 bits per heavy atom. The molecule has 0 N–H and O–H groups in total. The number of pyridine rings is 1. The maximum atomic E-state index is 11.9. The number of aromatic nitrogens is 1. The van der Waals surface area contributed by atoms with Crippen molar-refractivity contribution >= 4 is 0 Å². The molecule has 3 nitrogen and oxygen atoms in total. The number of nitrogens with zero attached hydrogens (tertiary/aromatic N) is 2. The maximum absolute atomic E-state index is 11.9. The van der Waals surface area contributed by atoms with Crippen LogP contribution in [0, 0.1) is 24.2 Å². The van der Waals surface area contributed by atoms with E-state index in [1.165, 1.54) is 0 Å².